The maximum absolute atomic E-state index is 11.5. The lowest BCUT2D eigenvalue weighted by molar-refractivity contribution is -0.161. The molecule has 5 heteroatoms. The van der Waals surface area contributed by atoms with Gasteiger partial charge in [-0.2, -0.15) is 0 Å². The minimum atomic E-state index is -0.199. The molecule has 0 unspecified atom stereocenters. The van der Waals surface area contributed by atoms with E-state index in [4.69, 9.17) is 4.74 Å². The average Bonchev–Trinajstić information content (AvgIpc) is 2.19. The van der Waals surface area contributed by atoms with E-state index in [1.54, 1.807) is 0 Å². The quantitative estimate of drug-likeness (QED) is 0.556. The largest absolute Gasteiger partial charge is 0.362 e. The maximum Gasteiger partial charge on any atom is 0.255 e. The summed E-state index contributed by atoms with van der Waals surface area (Å²) in [5.41, 5.74) is 0. The molecule has 2 amide bonds. The SMILES string of the molecule is O=C1COCC(=O)N1[C@H]1CCCNC1. The van der Waals surface area contributed by atoms with Crippen molar-refractivity contribution in [2.24, 2.45) is 0 Å². The Balaban J connectivity index is 2.05. The highest BCUT2D eigenvalue weighted by Crippen LogP contribution is 2.13. The number of nitrogens with zero attached hydrogens (tertiary/aromatic N) is 1. The lowest BCUT2D eigenvalue weighted by Gasteiger charge is -2.35. The van der Waals surface area contributed by atoms with Gasteiger partial charge in [-0.1, -0.05) is 0 Å². The molecule has 0 spiro atoms. The van der Waals surface area contributed by atoms with Crippen LogP contribution in [0.5, 0.6) is 0 Å². The summed E-state index contributed by atoms with van der Waals surface area (Å²) in [6.45, 7) is 1.78. The molecule has 0 aromatic heterocycles. The van der Waals surface area contributed by atoms with Crippen LogP contribution in [0.15, 0.2) is 0 Å². The summed E-state index contributed by atoms with van der Waals surface area (Å²) in [6, 6.07) is 0.0349. The zero-order chi connectivity index (χ0) is 9.97. The number of morpholine rings is 1. The van der Waals surface area contributed by atoms with Crippen molar-refractivity contribution in [1.29, 1.82) is 0 Å². The van der Waals surface area contributed by atoms with E-state index >= 15 is 0 Å². The Hall–Kier alpha value is -0.940. The molecular weight excluding hydrogens is 184 g/mol. The predicted molar refractivity (Wildman–Crippen MR) is 48.6 cm³/mol. The third-order valence-electron chi connectivity index (χ3n) is 2.62. The van der Waals surface area contributed by atoms with Crippen molar-refractivity contribution in [3.8, 4) is 0 Å². The number of nitrogens with one attached hydrogen (secondary N) is 1. The smallest absolute Gasteiger partial charge is 0.255 e. The lowest BCUT2D eigenvalue weighted by atomic mass is 10.1. The van der Waals surface area contributed by atoms with Gasteiger partial charge in [0.2, 0.25) is 0 Å². The fraction of sp³-hybridized carbons (Fsp3) is 0.778. The first-order valence-electron chi connectivity index (χ1n) is 4.92. The second kappa shape index (κ2) is 4.06. The van der Waals surface area contributed by atoms with Crippen LogP contribution in [0.1, 0.15) is 12.8 Å². The van der Waals surface area contributed by atoms with Crippen LogP contribution in [-0.2, 0) is 14.3 Å². The Labute approximate surface area is 82.4 Å². The molecule has 5 nitrogen and oxygen atoms in total. The third kappa shape index (κ3) is 1.78. The van der Waals surface area contributed by atoms with Crippen LogP contribution in [-0.4, -0.2) is 49.1 Å². The zero-order valence-corrected chi connectivity index (χ0v) is 7.99. The van der Waals surface area contributed by atoms with Crippen molar-refractivity contribution in [2.75, 3.05) is 26.3 Å². The number of hydrogen-bond acceptors (Lipinski definition) is 4. The standard InChI is InChI=1S/C9H14N2O3/c12-8-5-14-6-9(13)11(8)7-2-1-3-10-4-7/h7,10H,1-6H2/t7-/m0/s1. The fourth-order valence-electron chi connectivity index (χ4n) is 1.96. The summed E-state index contributed by atoms with van der Waals surface area (Å²) < 4.78 is 4.85. The second-order valence-electron chi connectivity index (χ2n) is 3.65. The van der Waals surface area contributed by atoms with Gasteiger partial charge in [0.1, 0.15) is 13.2 Å². The third-order valence-corrected chi connectivity index (χ3v) is 2.62. The summed E-state index contributed by atoms with van der Waals surface area (Å²) in [6.07, 6.45) is 1.92. The number of amides is 2. The van der Waals surface area contributed by atoms with Crippen molar-refractivity contribution in [1.82, 2.24) is 10.2 Å². The summed E-state index contributed by atoms with van der Waals surface area (Å²) >= 11 is 0. The van der Waals surface area contributed by atoms with Crippen molar-refractivity contribution in [3.05, 3.63) is 0 Å². The molecule has 1 atom stereocenters. The van der Waals surface area contributed by atoms with Gasteiger partial charge in [0.05, 0.1) is 6.04 Å². The minimum Gasteiger partial charge on any atom is -0.362 e. The van der Waals surface area contributed by atoms with Crippen molar-refractivity contribution >= 4 is 11.8 Å². The molecule has 2 heterocycles. The van der Waals surface area contributed by atoms with E-state index in [1.165, 1.54) is 4.90 Å². The van der Waals surface area contributed by atoms with Crippen LogP contribution in [0.2, 0.25) is 0 Å². The Morgan fingerprint density at radius 3 is 2.57 bits per heavy atom. The van der Waals surface area contributed by atoms with Gasteiger partial charge in [-0.3, -0.25) is 14.5 Å². The molecule has 0 aromatic rings. The summed E-state index contributed by atoms with van der Waals surface area (Å²) in [4.78, 5) is 24.3. The molecule has 0 aromatic carbocycles. The molecule has 0 saturated carbocycles. The topological polar surface area (TPSA) is 58.6 Å². The van der Waals surface area contributed by atoms with Crippen molar-refractivity contribution < 1.29 is 14.3 Å². The van der Waals surface area contributed by atoms with Gasteiger partial charge in [-0.05, 0) is 19.4 Å². The highest BCUT2D eigenvalue weighted by Gasteiger charge is 2.33. The van der Waals surface area contributed by atoms with Crippen LogP contribution in [0.4, 0.5) is 0 Å². The van der Waals surface area contributed by atoms with Gasteiger partial charge in [0.25, 0.3) is 11.8 Å². The second-order valence-corrected chi connectivity index (χ2v) is 3.65. The van der Waals surface area contributed by atoms with E-state index in [0.29, 0.717) is 0 Å². The van der Waals surface area contributed by atoms with Gasteiger partial charge in [0.15, 0.2) is 0 Å². The number of carbonyl (C=O) groups is 2. The fourth-order valence-corrected chi connectivity index (χ4v) is 1.96. The van der Waals surface area contributed by atoms with E-state index in [9.17, 15) is 9.59 Å². The maximum atomic E-state index is 11.5. The van der Waals surface area contributed by atoms with E-state index in [2.05, 4.69) is 5.32 Å². The lowest BCUT2D eigenvalue weighted by Crippen LogP contribution is -2.56. The first-order chi connectivity index (χ1) is 6.79. The molecule has 0 bridgehead atoms. The van der Waals surface area contributed by atoms with Gasteiger partial charge < -0.3 is 10.1 Å². The molecule has 0 radical (unpaired) electrons. The van der Waals surface area contributed by atoms with Crippen LogP contribution >= 0.6 is 0 Å². The Morgan fingerprint density at radius 1 is 1.29 bits per heavy atom. The Bertz CT molecular complexity index is 232. The van der Waals surface area contributed by atoms with Gasteiger partial charge in [-0.25, -0.2) is 0 Å². The highest BCUT2D eigenvalue weighted by molar-refractivity contribution is 5.98. The van der Waals surface area contributed by atoms with Crippen molar-refractivity contribution in [3.63, 3.8) is 0 Å². The molecule has 78 valence electrons. The monoisotopic (exact) mass is 198 g/mol. The average molecular weight is 198 g/mol. The van der Waals surface area contributed by atoms with Crippen LogP contribution in [0, 0.1) is 0 Å². The zero-order valence-electron chi connectivity index (χ0n) is 7.99. The van der Waals surface area contributed by atoms with Gasteiger partial charge >= 0.3 is 0 Å². The molecule has 2 aliphatic rings. The van der Waals surface area contributed by atoms with E-state index in [-0.39, 0.29) is 31.1 Å². The molecular formula is C9H14N2O3. The Morgan fingerprint density at radius 2 is 2.00 bits per heavy atom. The summed E-state index contributed by atoms with van der Waals surface area (Å²) in [5, 5.41) is 3.19. The molecule has 2 fully saturated rings. The highest BCUT2D eigenvalue weighted by atomic mass is 16.5. The van der Waals surface area contributed by atoms with Crippen LogP contribution in [0.3, 0.4) is 0 Å². The van der Waals surface area contributed by atoms with E-state index in [0.717, 1.165) is 25.9 Å². The number of carbonyl (C=O) groups excluding carboxylic acids is 2. The van der Waals surface area contributed by atoms with E-state index < -0.39 is 0 Å². The molecule has 2 rings (SSSR count). The Kier molecular flexibility index (Phi) is 2.79. The number of rotatable bonds is 1. The van der Waals surface area contributed by atoms with Crippen LogP contribution < -0.4 is 5.32 Å². The summed E-state index contributed by atoms with van der Waals surface area (Å²) in [5.74, 6) is -0.398. The minimum absolute atomic E-state index is 0.0349. The number of imide groups is 1. The summed E-state index contributed by atoms with van der Waals surface area (Å²) in [7, 11) is 0. The molecule has 2 aliphatic heterocycles. The van der Waals surface area contributed by atoms with E-state index in [1.807, 2.05) is 0 Å². The predicted octanol–water partition coefficient (Wildman–Crippen LogP) is -0.876. The number of hydrogen-bond donors (Lipinski definition) is 1. The molecule has 1 N–H and O–H groups in total. The first-order valence-corrected chi connectivity index (χ1v) is 4.92. The number of ether oxygens (including phenoxy) is 1. The molecule has 2 saturated heterocycles. The number of piperidine rings is 1. The molecule has 0 aliphatic carbocycles. The van der Waals surface area contributed by atoms with Gasteiger partial charge in [0, 0.05) is 6.54 Å². The first kappa shape index (κ1) is 9.61. The van der Waals surface area contributed by atoms with Gasteiger partial charge in [-0.15, -0.1) is 0 Å². The molecule has 14 heavy (non-hydrogen) atoms. The van der Waals surface area contributed by atoms with Crippen molar-refractivity contribution in [2.45, 2.75) is 18.9 Å². The normalized spacial score (nSPS) is 29.4. The van der Waals surface area contributed by atoms with Crippen LogP contribution in [0.25, 0.3) is 0 Å².